The predicted octanol–water partition coefficient (Wildman–Crippen LogP) is 0.165. The monoisotopic (exact) mass is 192 g/mol. The van der Waals surface area contributed by atoms with Crippen molar-refractivity contribution in [3.63, 3.8) is 0 Å². The van der Waals surface area contributed by atoms with Gasteiger partial charge in [0.1, 0.15) is 11.9 Å². The summed E-state index contributed by atoms with van der Waals surface area (Å²) in [7, 11) is 1.81. The molecule has 1 aromatic rings. The van der Waals surface area contributed by atoms with Crippen molar-refractivity contribution in [3.8, 4) is 6.07 Å². The smallest absolute Gasteiger partial charge is 0.158 e. The Labute approximate surface area is 82.6 Å². The number of aliphatic hydroxyl groups excluding tert-OH is 1. The van der Waals surface area contributed by atoms with Crippen molar-refractivity contribution in [2.75, 3.05) is 18.5 Å². The molecule has 1 unspecified atom stereocenters. The molecule has 74 valence electrons. The van der Waals surface area contributed by atoms with E-state index >= 15 is 0 Å². The molecule has 0 aliphatic heterocycles. The first kappa shape index (κ1) is 10.4. The molecule has 1 heterocycles. The van der Waals surface area contributed by atoms with Crippen LogP contribution in [-0.2, 0) is 0 Å². The van der Waals surface area contributed by atoms with E-state index in [0.717, 1.165) is 0 Å². The van der Waals surface area contributed by atoms with Crippen LogP contribution >= 0.6 is 0 Å². The maximum Gasteiger partial charge on any atom is 0.158 e. The van der Waals surface area contributed by atoms with Gasteiger partial charge >= 0.3 is 0 Å². The van der Waals surface area contributed by atoms with Gasteiger partial charge in [-0.1, -0.05) is 0 Å². The molecule has 0 fully saturated rings. The summed E-state index contributed by atoms with van der Waals surface area (Å²) in [6.45, 7) is 2.19. The van der Waals surface area contributed by atoms with Crippen LogP contribution in [0.4, 0.5) is 5.82 Å². The van der Waals surface area contributed by atoms with Gasteiger partial charge in [-0.2, -0.15) is 5.26 Å². The van der Waals surface area contributed by atoms with E-state index in [-0.39, 0.29) is 0 Å². The summed E-state index contributed by atoms with van der Waals surface area (Å²) in [5, 5.41) is 17.6. The van der Waals surface area contributed by atoms with Crippen molar-refractivity contribution in [2.45, 2.75) is 13.0 Å². The molecule has 0 radical (unpaired) electrons. The van der Waals surface area contributed by atoms with E-state index in [9.17, 15) is 0 Å². The van der Waals surface area contributed by atoms with E-state index in [2.05, 4.69) is 9.97 Å². The first-order chi connectivity index (χ1) is 6.63. The van der Waals surface area contributed by atoms with Crippen molar-refractivity contribution in [1.29, 1.82) is 5.26 Å². The SMILES string of the molecule is CC(O)CN(C)c1cnc(C#N)cn1. The van der Waals surface area contributed by atoms with Gasteiger partial charge in [-0.25, -0.2) is 9.97 Å². The molecule has 1 rings (SSSR count). The first-order valence-corrected chi connectivity index (χ1v) is 4.25. The average Bonchev–Trinajstić information content (AvgIpc) is 2.17. The first-order valence-electron chi connectivity index (χ1n) is 4.25. The number of aromatic nitrogens is 2. The summed E-state index contributed by atoms with van der Waals surface area (Å²) >= 11 is 0. The van der Waals surface area contributed by atoms with Gasteiger partial charge in [-0.15, -0.1) is 0 Å². The van der Waals surface area contributed by atoms with Crippen LogP contribution < -0.4 is 4.90 Å². The second-order valence-electron chi connectivity index (χ2n) is 3.10. The lowest BCUT2D eigenvalue weighted by molar-refractivity contribution is 0.201. The van der Waals surface area contributed by atoms with Crippen molar-refractivity contribution < 1.29 is 5.11 Å². The Bertz CT molecular complexity index is 328. The average molecular weight is 192 g/mol. The topological polar surface area (TPSA) is 73.0 Å². The molecule has 5 nitrogen and oxygen atoms in total. The van der Waals surface area contributed by atoms with Crippen molar-refractivity contribution in [1.82, 2.24) is 9.97 Å². The molecular formula is C9H12N4O. The summed E-state index contributed by atoms with van der Waals surface area (Å²) in [4.78, 5) is 9.69. The van der Waals surface area contributed by atoms with Crippen molar-refractivity contribution in [3.05, 3.63) is 18.1 Å². The normalized spacial score (nSPS) is 11.9. The number of nitriles is 1. The fraction of sp³-hybridized carbons (Fsp3) is 0.444. The zero-order chi connectivity index (χ0) is 10.6. The molecule has 0 saturated carbocycles. The van der Waals surface area contributed by atoms with E-state index in [1.807, 2.05) is 13.1 Å². The summed E-state index contributed by atoms with van der Waals surface area (Å²) in [6, 6.07) is 1.89. The highest BCUT2D eigenvalue weighted by molar-refractivity contribution is 5.36. The van der Waals surface area contributed by atoms with Crippen molar-refractivity contribution >= 4 is 5.82 Å². The molecular weight excluding hydrogens is 180 g/mol. The molecule has 0 bridgehead atoms. The maximum atomic E-state index is 9.14. The molecule has 5 heteroatoms. The molecule has 0 aliphatic rings. The number of anilines is 1. The van der Waals surface area contributed by atoms with Gasteiger partial charge in [-0.3, -0.25) is 0 Å². The number of nitrogens with zero attached hydrogens (tertiary/aromatic N) is 4. The van der Waals surface area contributed by atoms with E-state index in [1.165, 1.54) is 12.4 Å². The van der Waals surface area contributed by atoms with Gasteiger partial charge in [0.15, 0.2) is 5.69 Å². The Morgan fingerprint density at radius 1 is 1.57 bits per heavy atom. The lowest BCUT2D eigenvalue weighted by Gasteiger charge is -2.18. The van der Waals surface area contributed by atoms with Gasteiger partial charge in [0, 0.05) is 13.6 Å². The zero-order valence-electron chi connectivity index (χ0n) is 8.18. The molecule has 1 atom stereocenters. The fourth-order valence-electron chi connectivity index (χ4n) is 1.07. The molecule has 0 saturated heterocycles. The summed E-state index contributed by atoms with van der Waals surface area (Å²) in [6.07, 6.45) is 2.51. The third-order valence-electron chi connectivity index (χ3n) is 1.68. The standard InChI is InChI=1S/C9H12N4O/c1-7(14)6-13(2)9-5-11-8(3-10)4-12-9/h4-5,7,14H,6H2,1-2H3. The Kier molecular flexibility index (Phi) is 3.37. The summed E-state index contributed by atoms with van der Waals surface area (Å²) in [5.74, 6) is 0.643. The van der Waals surface area contributed by atoms with Gasteiger partial charge < -0.3 is 10.0 Å². The number of aliphatic hydroxyl groups is 1. The third kappa shape index (κ3) is 2.68. The van der Waals surface area contributed by atoms with Crippen LogP contribution in [0.5, 0.6) is 0 Å². The molecule has 0 amide bonds. The van der Waals surface area contributed by atoms with Crippen molar-refractivity contribution in [2.24, 2.45) is 0 Å². The lowest BCUT2D eigenvalue weighted by Crippen LogP contribution is -2.27. The molecule has 0 spiro atoms. The van der Waals surface area contributed by atoms with E-state index in [4.69, 9.17) is 10.4 Å². The molecule has 1 N–H and O–H groups in total. The van der Waals surface area contributed by atoms with Crippen LogP contribution in [0.25, 0.3) is 0 Å². The highest BCUT2D eigenvalue weighted by atomic mass is 16.3. The predicted molar refractivity (Wildman–Crippen MR) is 51.7 cm³/mol. The van der Waals surface area contributed by atoms with Crippen LogP contribution in [0.2, 0.25) is 0 Å². The van der Waals surface area contributed by atoms with Crippen LogP contribution in [0.3, 0.4) is 0 Å². The van der Waals surface area contributed by atoms with Crippen LogP contribution in [0.1, 0.15) is 12.6 Å². The van der Waals surface area contributed by atoms with Crippen LogP contribution in [-0.4, -0.2) is 34.8 Å². The van der Waals surface area contributed by atoms with Crippen LogP contribution in [0.15, 0.2) is 12.4 Å². The maximum absolute atomic E-state index is 9.14. The number of hydrogen-bond acceptors (Lipinski definition) is 5. The minimum atomic E-state index is -0.419. The fourth-order valence-corrected chi connectivity index (χ4v) is 1.07. The molecule has 14 heavy (non-hydrogen) atoms. The number of rotatable bonds is 3. The Morgan fingerprint density at radius 2 is 2.29 bits per heavy atom. The van der Waals surface area contributed by atoms with Crippen LogP contribution in [0, 0.1) is 11.3 Å². The highest BCUT2D eigenvalue weighted by Crippen LogP contribution is 2.06. The molecule has 0 aromatic carbocycles. The largest absolute Gasteiger partial charge is 0.392 e. The Balaban J connectivity index is 2.72. The third-order valence-corrected chi connectivity index (χ3v) is 1.68. The summed E-state index contributed by atoms with van der Waals surface area (Å²) in [5.41, 5.74) is 0.291. The quantitative estimate of drug-likeness (QED) is 0.738. The second kappa shape index (κ2) is 4.53. The van der Waals surface area contributed by atoms with E-state index < -0.39 is 6.10 Å². The Morgan fingerprint density at radius 3 is 2.71 bits per heavy atom. The van der Waals surface area contributed by atoms with Gasteiger partial charge in [0.25, 0.3) is 0 Å². The number of hydrogen-bond donors (Lipinski definition) is 1. The highest BCUT2D eigenvalue weighted by Gasteiger charge is 2.05. The minimum absolute atomic E-state index is 0.291. The van der Waals surface area contributed by atoms with E-state index in [0.29, 0.717) is 18.1 Å². The Hall–Kier alpha value is -1.67. The summed E-state index contributed by atoms with van der Waals surface area (Å²) < 4.78 is 0. The van der Waals surface area contributed by atoms with Gasteiger partial charge in [-0.05, 0) is 6.92 Å². The second-order valence-corrected chi connectivity index (χ2v) is 3.10. The minimum Gasteiger partial charge on any atom is -0.392 e. The molecule has 0 aliphatic carbocycles. The molecule has 1 aromatic heterocycles. The number of likely N-dealkylation sites (N-methyl/N-ethyl adjacent to an activating group) is 1. The van der Waals surface area contributed by atoms with Gasteiger partial charge in [0.05, 0.1) is 18.5 Å². The van der Waals surface area contributed by atoms with Gasteiger partial charge in [0.2, 0.25) is 0 Å². The zero-order valence-corrected chi connectivity index (χ0v) is 8.18. The van der Waals surface area contributed by atoms with E-state index in [1.54, 1.807) is 11.8 Å². The lowest BCUT2D eigenvalue weighted by atomic mass is 10.4.